The third-order valence-corrected chi connectivity index (χ3v) is 2.88. The van der Waals surface area contributed by atoms with E-state index in [4.69, 9.17) is 0 Å². The van der Waals surface area contributed by atoms with Crippen LogP contribution in [0.4, 0.5) is 0 Å². The zero-order valence-electron chi connectivity index (χ0n) is 8.12. The van der Waals surface area contributed by atoms with Gasteiger partial charge in [-0.25, -0.2) is 0 Å². The van der Waals surface area contributed by atoms with Crippen LogP contribution in [0, 0.1) is 0 Å². The molecule has 0 aromatic carbocycles. The van der Waals surface area contributed by atoms with Crippen molar-refractivity contribution >= 4 is 5.96 Å². The van der Waals surface area contributed by atoms with Crippen molar-refractivity contribution in [2.75, 3.05) is 19.6 Å². The number of nitrogens with zero attached hydrogens (tertiary/aromatic N) is 3. The summed E-state index contributed by atoms with van der Waals surface area (Å²) in [6.45, 7) is 9.96. The first kappa shape index (κ1) is 7.90. The maximum absolute atomic E-state index is 4.55. The molecule has 68 valence electrons. The maximum atomic E-state index is 4.55. The Morgan fingerprint density at radius 3 is 2.83 bits per heavy atom. The molecule has 12 heavy (non-hydrogen) atoms. The Morgan fingerprint density at radius 2 is 2.17 bits per heavy atom. The van der Waals surface area contributed by atoms with Crippen molar-refractivity contribution < 1.29 is 0 Å². The molecule has 1 fully saturated rings. The highest BCUT2D eigenvalue weighted by Gasteiger charge is 2.37. The van der Waals surface area contributed by atoms with Crippen LogP contribution in [0.5, 0.6) is 0 Å². The van der Waals surface area contributed by atoms with Gasteiger partial charge in [0.05, 0.1) is 6.54 Å². The molecule has 0 radical (unpaired) electrons. The molecule has 3 heteroatoms. The third-order valence-electron chi connectivity index (χ3n) is 2.88. The summed E-state index contributed by atoms with van der Waals surface area (Å²) in [5, 5.41) is 0. The van der Waals surface area contributed by atoms with E-state index in [1.165, 1.54) is 5.96 Å². The average Bonchev–Trinajstić information content (AvgIpc) is 2.52. The van der Waals surface area contributed by atoms with Crippen LogP contribution in [0.2, 0.25) is 0 Å². The van der Waals surface area contributed by atoms with Gasteiger partial charge in [-0.1, -0.05) is 0 Å². The molecule has 0 aromatic heterocycles. The quantitative estimate of drug-likeness (QED) is 0.574. The number of guanidine groups is 1. The van der Waals surface area contributed by atoms with Gasteiger partial charge in [-0.15, -0.1) is 0 Å². The Labute approximate surface area is 74.1 Å². The summed E-state index contributed by atoms with van der Waals surface area (Å²) in [6, 6.07) is 1.27. The Balaban J connectivity index is 2.19. The lowest BCUT2D eigenvalue weighted by Gasteiger charge is -2.20. The lowest BCUT2D eigenvalue weighted by atomic mass is 10.3. The Kier molecular flexibility index (Phi) is 1.74. The fourth-order valence-corrected chi connectivity index (χ4v) is 2.15. The summed E-state index contributed by atoms with van der Waals surface area (Å²) in [7, 11) is 0. The molecule has 1 saturated heterocycles. The van der Waals surface area contributed by atoms with Crippen LogP contribution in [-0.4, -0.2) is 47.5 Å². The lowest BCUT2D eigenvalue weighted by Crippen LogP contribution is -2.34. The monoisotopic (exact) mass is 167 g/mol. The molecule has 2 heterocycles. The molecule has 0 saturated carbocycles. The second kappa shape index (κ2) is 2.64. The number of likely N-dealkylation sites (N-methyl/N-ethyl adjacent to an activating group) is 1. The van der Waals surface area contributed by atoms with Crippen LogP contribution in [0.3, 0.4) is 0 Å². The second-order valence-electron chi connectivity index (χ2n) is 3.78. The fourth-order valence-electron chi connectivity index (χ4n) is 2.15. The number of hydrogen-bond donors (Lipinski definition) is 0. The van der Waals surface area contributed by atoms with Gasteiger partial charge in [0.25, 0.3) is 0 Å². The van der Waals surface area contributed by atoms with E-state index in [9.17, 15) is 0 Å². The molecule has 0 N–H and O–H groups in total. The average molecular weight is 167 g/mol. The van der Waals surface area contributed by atoms with Crippen molar-refractivity contribution in [3.05, 3.63) is 0 Å². The Morgan fingerprint density at radius 1 is 1.42 bits per heavy atom. The van der Waals surface area contributed by atoms with Crippen LogP contribution in [0.25, 0.3) is 0 Å². The SMILES string of the molecule is CCN1C2=NCC(C)N2CC1C. The summed E-state index contributed by atoms with van der Waals surface area (Å²) in [5.41, 5.74) is 0. The van der Waals surface area contributed by atoms with Crippen LogP contribution >= 0.6 is 0 Å². The van der Waals surface area contributed by atoms with Gasteiger partial charge in [-0.2, -0.15) is 0 Å². The van der Waals surface area contributed by atoms with E-state index < -0.39 is 0 Å². The van der Waals surface area contributed by atoms with Gasteiger partial charge in [0.1, 0.15) is 0 Å². The van der Waals surface area contributed by atoms with Gasteiger partial charge in [0, 0.05) is 25.2 Å². The molecule has 2 rings (SSSR count). The molecular weight excluding hydrogens is 150 g/mol. The summed E-state index contributed by atoms with van der Waals surface area (Å²) in [4.78, 5) is 9.37. The zero-order valence-corrected chi connectivity index (χ0v) is 8.12. The first-order valence-electron chi connectivity index (χ1n) is 4.81. The summed E-state index contributed by atoms with van der Waals surface area (Å²) < 4.78 is 0. The van der Waals surface area contributed by atoms with E-state index in [0.29, 0.717) is 12.1 Å². The molecule has 0 aromatic rings. The first-order valence-corrected chi connectivity index (χ1v) is 4.81. The highest BCUT2D eigenvalue weighted by atomic mass is 15.5. The largest absolute Gasteiger partial charge is 0.339 e. The van der Waals surface area contributed by atoms with Crippen molar-refractivity contribution in [3.8, 4) is 0 Å². The molecule has 0 amide bonds. The summed E-state index contributed by atoms with van der Waals surface area (Å²) in [6.07, 6.45) is 0. The van der Waals surface area contributed by atoms with E-state index in [1.807, 2.05) is 0 Å². The number of fused-ring (bicyclic) bond motifs is 1. The van der Waals surface area contributed by atoms with Crippen molar-refractivity contribution in [1.82, 2.24) is 9.80 Å². The minimum Gasteiger partial charge on any atom is -0.339 e. The number of rotatable bonds is 1. The molecule has 2 atom stereocenters. The molecule has 2 aliphatic heterocycles. The van der Waals surface area contributed by atoms with E-state index in [-0.39, 0.29) is 0 Å². The van der Waals surface area contributed by atoms with Gasteiger partial charge in [0.15, 0.2) is 5.96 Å². The van der Waals surface area contributed by atoms with E-state index in [0.717, 1.165) is 19.6 Å². The van der Waals surface area contributed by atoms with E-state index >= 15 is 0 Å². The van der Waals surface area contributed by atoms with Crippen LogP contribution in [0.1, 0.15) is 20.8 Å². The van der Waals surface area contributed by atoms with E-state index in [1.54, 1.807) is 0 Å². The molecular formula is C9H17N3. The fraction of sp³-hybridized carbons (Fsp3) is 0.889. The minimum atomic E-state index is 0.624. The second-order valence-corrected chi connectivity index (χ2v) is 3.78. The smallest absolute Gasteiger partial charge is 0.197 e. The number of aliphatic imine (C=N–C) groups is 1. The highest BCUT2D eigenvalue weighted by Crippen LogP contribution is 2.22. The van der Waals surface area contributed by atoms with Gasteiger partial charge < -0.3 is 9.80 Å². The third kappa shape index (κ3) is 0.919. The van der Waals surface area contributed by atoms with Gasteiger partial charge >= 0.3 is 0 Å². The van der Waals surface area contributed by atoms with Crippen molar-refractivity contribution in [2.24, 2.45) is 4.99 Å². The van der Waals surface area contributed by atoms with Gasteiger partial charge in [-0.3, -0.25) is 4.99 Å². The van der Waals surface area contributed by atoms with Crippen LogP contribution < -0.4 is 0 Å². The maximum Gasteiger partial charge on any atom is 0.197 e. The van der Waals surface area contributed by atoms with Crippen molar-refractivity contribution in [1.29, 1.82) is 0 Å². The lowest BCUT2D eigenvalue weighted by molar-refractivity contribution is 0.349. The van der Waals surface area contributed by atoms with Crippen LogP contribution in [0.15, 0.2) is 4.99 Å². The standard InChI is InChI=1S/C9H17N3/c1-4-11-8(3)6-12-7(2)5-10-9(11)12/h7-8H,4-6H2,1-3H3. The molecule has 0 aliphatic carbocycles. The Bertz CT molecular complexity index is 212. The number of hydrogen-bond acceptors (Lipinski definition) is 3. The van der Waals surface area contributed by atoms with E-state index in [2.05, 4.69) is 35.6 Å². The van der Waals surface area contributed by atoms with Gasteiger partial charge in [0.2, 0.25) is 0 Å². The zero-order chi connectivity index (χ0) is 8.72. The van der Waals surface area contributed by atoms with Crippen LogP contribution in [-0.2, 0) is 0 Å². The molecule has 0 spiro atoms. The summed E-state index contributed by atoms with van der Waals surface area (Å²) >= 11 is 0. The predicted octanol–water partition coefficient (Wildman–Crippen LogP) is 0.770. The van der Waals surface area contributed by atoms with Gasteiger partial charge in [-0.05, 0) is 20.8 Å². The summed E-state index contributed by atoms with van der Waals surface area (Å²) in [5.74, 6) is 1.23. The highest BCUT2D eigenvalue weighted by molar-refractivity contribution is 5.84. The first-order chi connectivity index (χ1) is 5.74. The molecule has 3 nitrogen and oxygen atoms in total. The normalized spacial score (nSPS) is 34.1. The van der Waals surface area contributed by atoms with Crippen molar-refractivity contribution in [2.45, 2.75) is 32.9 Å². The molecule has 2 aliphatic rings. The molecule has 2 unspecified atom stereocenters. The van der Waals surface area contributed by atoms with Crippen molar-refractivity contribution in [3.63, 3.8) is 0 Å². The topological polar surface area (TPSA) is 18.8 Å². The molecule has 0 bridgehead atoms. The Hall–Kier alpha value is -0.730. The minimum absolute atomic E-state index is 0.624. The predicted molar refractivity (Wildman–Crippen MR) is 50.3 cm³/mol.